The maximum absolute atomic E-state index is 6.61. The van der Waals surface area contributed by atoms with Gasteiger partial charge in [0.1, 0.15) is 11.4 Å². The minimum Gasteiger partial charge on any atom is -0.484 e. The predicted molar refractivity (Wildman–Crippen MR) is 103 cm³/mol. The Morgan fingerprint density at radius 2 is 1.96 bits per heavy atom. The second-order valence-corrected chi connectivity index (χ2v) is 7.58. The molecule has 0 amide bonds. The minimum absolute atomic E-state index is 0.249. The highest BCUT2D eigenvalue weighted by Crippen LogP contribution is 2.32. The molecule has 0 saturated carbocycles. The summed E-state index contributed by atoms with van der Waals surface area (Å²) in [7, 11) is 0. The Bertz CT molecular complexity index is 671. The van der Waals surface area contributed by atoms with Crippen molar-refractivity contribution in [2.24, 2.45) is 0 Å². The van der Waals surface area contributed by atoms with Gasteiger partial charge in [0.15, 0.2) is 0 Å². The fraction of sp³-hybridized carbons (Fsp3) is 0.400. The van der Waals surface area contributed by atoms with Crippen molar-refractivity contribution in [2.45, 2.75) is 31.9 Å². The third kappa shape index (κ3) is 4.18. The van der Waals surface area contributed by atoms with Gasteiger partial charge < -0.3 is 15.4 Å². The van der Waals surface area contributed by atoms with E-state index in [-0.39, 0.29) is 11.6 Å². The summed E-state index contributed by atoms with van der Waals surface area (Å²) in [6.45, 7) is 7.18. The average molecular weight is 389 g/mol. The maximum atomic E-state index is 6.61. The summed E-state index contributed by atoms with van der Waals surface area (Å²) in [5.41, 5.74) is 2.14. The summed E-state index contributed by atoms with van der Waals surface area (Å²) in [5.74, 6) is 0.904. The normalized spacial score (nSPS) is 20.4. The molecule has 1 aliphatic heterocycles. The molecular formula is C20H25BrN2O. The van der Waals surface area contributed by atoms with Crippen molar-refractivity contribution in [2.75, 3.05) is 19.6 Å². The summed E-state index contributed by atoms with van der Waals surface area (Å²) in [5, 5.41) is 7.12. The average Bonchev–Trinajstić information content (AvgIpc) is 2.60. The van der Waals surface area contributed by atoms with Crippen LogP contribution in [0.4, 0.5) is 0 Å². The Hall–Kier alpha value is -1.36. The summed E-state index contributed by atoms with van der Waals surface area (Å²) in [4.78, 5) is 0. The van der Waals surface area contributed by atoms with E-state index in [1.54, 1.807) is 0 Å². The highest BCUT2D eigenvalue weighted by Gasteiger charge is 2.38. The Morgan fingerprint density at radius 3 is 2.67 bits per heavy atom. The first-order valence-corrected chi connectivity index (χ1v) is 9.29. The molecule has 2 atom stereocenters. The summed E-state index contributed by atoms with van der Waals surface area (Å²) >= 11 is 3.63. The molecule has 1 heterocycles. The van der Waals surface area contributed by atoms with E-state index < -0.39 is 0 Å². The molecule has 0 aliphatic carbocycles. The third-order valence-electron chi connectivity index (χ3n) is 4.61. The second-order valence-electron chi connectivity index (χ2n) is 6.72. The van der Waals surface area contributed by atoms with E-state index in [0.29, 0.717) is 0 Å². The van der Waals surface area contributed by atoms with Crippen molar-refractivity contribution in [3.05, 3.63) is 64.1 Å². The van der Waals surface area contributed by atoms with Crippen molar-refractivity contribution in [3.63, 3.8) is 0 Å². The fourth-order valence-corrected chi connectivity index (χ4v) is 3.58. The van der Waals surface area contributed by atoms with Gasteiger partial charge in [-0.2, -0.15) is 0 Å². The van der Waals surface area contributed by atoms with Gasteiger partial charge >= 0.3 is 0 Å². The molecule has 0 aromatic heterocycles. The first-order chi connectivity index (χ1) is 11.6. The molecule has 24 heavy (non-hydrogen) atoms. The molecular weight excluding hydrogens is 364 g/mol. The van der Waals surface area contributed by atoms with Gasteiger partial charge in [0, 0.05) is 26.1 Å². The van der Waals surface area contributed by atoms with Crippen LogP contribution in [0.25, 0.3) is 0 Å². The Labute approximate surface area is 152 Å². The van der Waals surface area contributed by atoms with Crippen LogP contribution in [0, 0.1) is 6.92 Å². The first-order valence-electron chi connectivity index (χ1n) is 8.50. The molecule has 2 aromatic rings. The molecule has 0 radical (unpaired) electrons. The standard InChI is InChI=1S/C20H25BrN2O/c1-15-8-9-17(21)18(12-15)24-20(2,19-14-22-10-11-23-19)13-16-6-4-3-5-7-16/h3-9,12,19,22-23H,10-11,13-14H2,1-2H3/t19-,20-/m0/s1. The zero-order chi connectivity index (χ0) is 17.0. The zero-order valence-electron chi connectivity index (χ0n) is 14.3. The van der Waals surface area contributed by atoms with Crippen molar-refractivity contribution >= 4 is 15.9 Å². The highest BCUT2D eigenvalue weighted by atomic mass is 79.9. The van der Waals surface area contributed by atoms with Gasteiger partial charge in [-0.05, 0) is 53.0 Å². The van der Waals surface area contributed by atoms with E-state index in [1.807, 2.05) is 0 Å². The second kappa shape index (κ2) is 7.68. The molecule has 3 nitrogen and oxygen atoms in total. The molecule has 1 saturated heterocycles. The van der Waals surface area contributed by atoms with Crippen LogP contribution in [0.1, 0.15) is 18.1 Å². The quantitative estimate of drug-likeness (QED) is 0.818. The van der Waals surface area contributed by atoms with Crippen LogP contribution < -0.4 is 15.4 Å². The van der Waals surface area contributed by atoms with Crippen LogP contribution in [-0.4, -0.2) is 31.3 Å². The minimum atomic E-state index is -0.342. The largest absolute Gasteiger partial charge is 0.484 e. The number of hydrogen-bond acceptors (Lipinski definition) is 3. The molecule has 0 unspecified atom stereocenters. The van der Waals surface area contributed by atoms with Crippen LogP contribution in [0.15, 0.2) is 53.0 Å². The Kier molecular flexibility index (Phi) is 5.59. The molecule has 128 valence electrons. The number of ether oxygens (including phenoxy) is 1. The molecule has 3 rings (SSSR count). The SMILES string of the molecule is Cc1ccc(Br)c(O[C@@](C)(Cc2ccccc2)[C@@H]2CNCCN2)c1. The van der Waals surface area contributed by atoms with Gasteiger partial charge in [0.25, 0.3) is 0 Å². The van der Waals surface area contributed by atoms with Crippen LogP contribution in [0.5, 0.6) is 5.75 Å². The van der Waals surface area contributed by atoms with E-state index in [4.69, 9.17) is 4.74 Å². The molecule has 1 fully saturated rings. The first kappa shape index (κ1) is 17.5. The van der Waals surface area contributed by atoms with E-state index in [9.17, 15) is 0 Å². The van der Waals surface area contributed by atoms with Crippen LogP contribution in [-0.2, 0) is 6.42 Å². The van der Waals surface area contributed by atoms with E-state index in [0.717, 1.165) is 36.3 Å². The number of nitrogens with one attached hydrogen (secondary N) is 2. The summed E-state index contributed by atoms with van der Waals surface area (Å²) in [6.07, 6.45) is 0.855. The molecule has 2 N–H and O–H groups in total. The van der Waals surface area contributed by atoms with Crippen LogP contribution in [0.2, 0.25) is 0 Å². The molecule has 1 aliphatic rings. The Morgan fingerprint density at radius 1 is 1.17 bits per heavy atom. The van der Waals surface area contributed by atoms with E-state index in [2.05, 4.69) is 88.9 Å². The lowest BCUT2D eigenvalue weighted by atomic mass is 9.87. The van der Waals surface area contributed by atoms with Crippen molar-refractivity contribution in [1.82, 2.24) is 10.6 Å². The number of hydrogen-bond donors (Lipinski definition) is 2. The van der Waals surface area contributed by atoms with E-state index in [1.165, 1.54) is 11.1 Å². The number of piperazine rings is 1. The zero-order valence-corrected chi connectivity index (χ0v) is 15.9. The van der Waals surface area contributed by atoms with Gasteiger partial charge in [-0.25, -0.2) is 0 Å². The van der Waals surface area contributed by atoms with Crippen molar-refractivity contribution < 1.29 is 4.74 Å². The highest BCUT2D eigenvalue weighted by molar-refractivity contribution is 9.10. The Balaban J connectivity index is 1.90. The van der Waals surface area contributed by atoms with Gasteiger partial charge in [-0.3, -0.25) is 0 Å². The van der Waals surface area contributed by atoms with Crippen molar-refractivity contribution in [3.8, 4) is 5.75 Å². The predicted octanol–water partition coefficient (Wildman–Crippen LogP) is 3.70. The summed E-state index contributed by atoms with van der Waals surface area (Å²) < 4.78 is 7.60. The molecule has 0 spiro atoms. The van der Waals surface area contributed by atoms with Gasteiger partial charge in [-0.1, -0.05) is 36.4 Å². The fourth-order valence-electron chi connectivity index (χ4n) is 3.26. The maximum Gasteiger partial charge on any atom is 0.134 e. The van der Waals surface area contributed by atoms with E-state index >= 15 is 0 Å². The number of aryl methyl sites for hydroxylation is 1. The third-order valence-corrected chi connectivity index (χ3v) is 5.26. The monoisotopic (exact) mass is 388 g/mol. The smallest absolute Gasteiger partial charge is 0.134 e. The number of benzene rings is 2. The summed E-state index contributed by atoms with van der Waals surface area (Å²) in [6, 6.07) is 17.1. The number of halogens is 1. The lowest BCUT2D eigenvalue weighted by Crippen LogP contribution is -2.62. The van der Waals surface area contributed by atoms with Gasteiger partial charge in [-0.15, -0.1) is 0 Å². The van der Waals surface area contributed by atoms with Gasteiger partial charge in [0.2, 0.25) is 0 Å². The van der Waals surface area contributed by atoms with Crippen LogP contribution >= 0.6 is 15.9 Å². The van der Waals surface area contributed by atoms with Crippen LogP contribution in [0.3, 0.4) is 0 Å². The van der Waals surface area contributed by atoms with Crippen molar-refractivity contribution in [1.29, 1.82) is 0 Å². The molecule has 2 aromatic carbocycles. The molecule has 0 bridgehead atoms. The lowest BCUT2D eigenvalue weighted by molar-refractivity contribution is 0.0397. The lowest BCUT2D eigenvalue weighted by Gasteiger charge is -2.41. The van der Waals surface area contributed by atoms with Gasteiger partial charge in [0.05, 0.1) is 10.5 Å². The number of rotatable bonds is 5. The topological polar surface area (TPSA) is 33.3 Å². The molecule has 4 heteroatoms.